The number of fused-ring (bicyclic) bond motifs is 4. The van der Waals surface area contributed by atoms with E-state index in [4.69, 9.17) is 10.6 Å². The molecular weight excluding hydrogens is 546 g/mol. The van der Waals surface area contributed by atoms with Crippen molar-refractivity contribution in [2.75, 3.05) is 50.9 Å². The Hall–Kier alpha value is -2.75. The molecule has 15 heteroatoms. The molecule has 7 rings (SSSR count). The van der Waals surface area contributed by atoms with Crippen LogP contribution in [0.5, 0.6) is 0 Å². The van der Waals surface area contributed by atoms with E-state index < -0.39 is 29.2 Å². The normalized spacial score (nSPS) is 32.1. The molecule has 2 atom stereocenters. The molecule has 4 saturated heterocycles. The van der Waals surface area contributed by atoms with Crippen LogP contribution in [-0.4, -0.2) is 104 Å². The van der Waals surface area contributed by atoms with Crippen molar-refractivity contribution in [2.45, 2.75) is 43.5 Å². The number of amides is 2. The molecule has 4 N–H and O–H groups in total. The zero-order valence-corrected chi connectivity index (χ0v) is 23.0. The van der Waals surface area contributed by atoms with Crippen LogP contribution in [0.25, 0.3) is 0 Å². The summed E-state index contributed by atoms with van der Waals surface area (Å²) in [5, 5.41) is 28.3. The van der Waals surface area contributed by atoms with E-state index in [1.165, 1.54) is 16.7 Å². The second-order valence-corrected chi connectivity index (χ2v) is 13.2. The number of hydrogen-bond donors (Lipinski definition) is 3. The Morgan fingerprint density at radius 2 is 2.00 bits per heavy atom. The number of carbonyl (C=O) groups is 3. The number of aliphatic carboxylic acids is 1. The molecule has 1 aromatic heterocycles. The Morgan fingerprint density at radius 3 is 2.59 bits per heavy atom. The number of carbonyl (C=O) groups excluding carboxylic acids is 3. The summed E-state index contributed by atoms with van der Waals surface area (Å²) in [5.74, 6) is -1.76. The molecular formula is C24H31N7O6S2. The molecule has 13 nitrogen and oxygen atoms in total. The van der Waals surface area contributed by atoms with E-state index in [9.17, 15) is 24.6 Å². The summed E-state index contributed by atoms with van der Waals surface area (Å²) in [5.41, 5.74) is 6.11. The highest BCUT2D eigenvalue weighted by Gasteiger charge is 2.55. The summed E-state index contributed by atoms with van der Waals surface area (Å²) in [6.45, 7) is 3.74. The third kappa shape index (κ3) is 4.89. The van der Waals surface area contributed by atoms with Gasteiger partial charge in [0.2, 0.25) is 11.5 Å². The maximum Gasteiger partial charge on any atom is 0.278 e. The SMILES string of the molecule is Nc1nc(/C(=N/OCC2CC2)C(=O)N[C@@H]2C(=O)N3C(C(=O)[O-])=C(C[N+]45CCC(CO)(CC4)CC5)CS[C@@H]23)ns1. The first kappa shape index (κ1) is 26.5. The maximum absolute atomic E-state index is 13.2. The van der Waals surface area contributed by atoms with Gasteiger partial charge in [0.1, 0.15) is 24.6 Å². The van der Waals surface area contributed by atoms with E-state index in [1.54, 1.807) is 0 Å². The highest BCUT2D eigenvalue weighted by atomic mass is 32.2. The zero-order valence-electron chi connectivity index (χ0n) is 21.3. The minimum atomic E-state index is -1.39. The third-order valence-electron chi connectivity index (χ3n) is 8.77. The number of quaternary nitrogens is 1. The van der Waals surface area contributed by atoms with E-state index in [2.05, 4.69) is 19.8 Å². The van der Waals surface area contributed by atoms with Gasteiger partial charge in [-0.25, -0.2) is 0 Å². The molecule has 6 aliphatic rings. The smallest absolute Gasteiger partial charge is 0.278 e. The summed E-state index contributed by atoms with van der Waals surface area (Å²) in [6, 6.07) is -0.940. The Balaban J connectivity index is 1.17. The number of nitrogen functional groups attached to an aromatic ring is 1. The van der Waals surface area contributed by atoms with Gasteiger partial charge in [-0.1, -0.05) is 5.16 Å². The van der Waals surface area contributed by atoms with Crippen LogP contribution in [0, 0.1) is 11.3 Å². The summed E-state index contributed by atoms with van der Waals surface area (Å²) in [4.78, 5) is 49.3. The zero-order chi connectivity index (χ0) is 27.4. The van der Waals surface area contributed by atoms with Gasteiger partial charge < -0.3 is 35.4 Å². The van der Waals surface area contributed by atoms with Crippen LogP contribution in [0.3, 0.4) is 0 Å². The molecule has 39 heavy (non-hydrogen) atoms. The van der Waals surface area contributed by atoms with E-state index in [0.717, 1.165) is 67.8 Å². The Labute approximate surface area is 233 Å². The molecule has 0 spiro atoms. The van der Waals surface area contributed by atoms with Crippen LogP contribution in [-0.2, 0) is 19.2 Å². The lowest BCUT2D eigenvalue weighted by Gasteiger charge is -2.56. The van der Waals surface area contributed by atoms with Gasteiger partial charge in [0.15, 0.2) is 5.13 Å². The number of aliphatic hydroxyl groups excluding tert-OH is 1. The van der Waals surface area contributed by atoms with Crippen molar-refractivity contribution >= 4 is 51.9 Å². The molecule has 2 bridgehead atoms. The molecule has 6 heterocycles. The van der Waals surface area contributed by atoms with Crippen LogP contribution in [0.15, 0.2) is 16.4 Å². The first-order chi connectivity index (χ1) is 18.7. The third-order valence-corrected chi connectivity index (χ3v) is 10.7. The summed E-state index contributed by atoms with van der Waals surface area (Å²) in [6.07, 6.45) is 4.83. The van der Waals surface area contributed by atoms with E-state index >= 15 is 0 Å². The molecule has 0 aromatic carbocycles. The molecule has 5 aliphatic heterocycles. The number of anilines is 1. The number of nitrogens with one attached hydrogen (secondary N) is 1. The van der Waals surface area contributed by atoms with Gasteiger partial charge >= 0.3 is 0 Å². The number of carboxylic acid groups (broad SMARTS) is 1. The summed E-state index contributed by atoms with van der Waals surface area (Å²) >= 11 is 2.33. The number of oxime groups is 1. The van der Waals surface area contributed by atoms with Gasteiger partial charge in [-0.15, -0.1) is 11.8 Å². The molecule has 5 fully saturated rings. The van der Waals surface area contributed by atoms with Gasteiger partial charge in [-0.3, -0.25) is 14.5 Å². The van der Waals surface area contributed by atoms with Crippen molar-refractivity contribution in [2.24, 2.45) is 16.5 Å². The first-order valence-corrected chi connectivity index (χ1v) is 15.0. The van der Waals surface area contributed by atoms with E-state index in [0.29, 0.717) is 30.4 Å². The largest absolute Gasteiger partial charge is 0.543 e. The lowest BCUT2D eigenvalue weighted by Crippen LogP contribution is -2.72. The first-order valence-electron chi connectivity index (χ1n) is 13.2. The highest BCUT2D eigenvalue weighted by Crippen LogP contribution is 2.46. The maximum atomic E-state index is 13.2. The summed E-state index contributed by atoms with van der Waals surface area (Å²) < 4.78 is 4.82. The number of carboxylic acids is 1. The molecule has 0 unspecified atom stereocenters. The van der Waals surface area contributed by atoms with Crippen molar-refractivity contribution in [3.63, 3.8) is 0 Å². The van der Waals surface area contributed by atoms with Gasteiger partial charge in [0.25, 0.3) is 11.8 Å². The predicted octanol–water partition coefficient (Wildman–Crippen LogP) is -1.35. The van der Waals surface area contributed by atoms with Crippen LogP contribution < -0.4 is 16.2 Å². The lowest BCUT2D eigenvalue weighted by atomic mass is 9.71. The van der Waals surface area contributed by atoms with E-state index in [-0.39, 0.29) is 34.4 Å². The van der Waals surface area contributed by atoms with Gasteiger partial charge in [0.05, 0.1) is 31.3 Å². The molecule has 1 aromatic rings. The van der Waals surface area contributed by atoms with Crippen molar-refractivity contribution < 1.29 is 33.9 Å². The molecule has 210 valence electrons. The molecule has 2 amide bonds. The lowest BCUT2D eigenvalue weighted by molar-refractivity contribution is -0.941. The van der Waals surface area contributed by atoms with Gasteiger partial charge in [-0.2, -0.15) is 9.36 Å². The molecule has 1 aliphatic carbocycles. The van der Waals surface area contributed by atoms with E-state index in [1.807, 2.05) is 0 Å². The number of nitrogens with two attached hydrogens (primary N) is 1. The van der Waals surface area contributed by atoms with Crippen molar-refractivity contribution in [3.05, 3.63) is 17.1 Å². The minimum Gasteiger partial charge on any atom is -0.543 e. The molecule has 0 radical (unpaired) electrons. The number of rotatable bonds is 10. The fourth-order valence-corrected chi connectivity index (χ4v) is 7.79. The number of thioether (sulfide) groups is 1. The monoisotopic (exact) mass is 577 g/mol. The van der Waals surface area contributed by atoms with Crippen LogP contribution in [0.4, 0.5) is 5.13 Å². The topological polar surface area (TPSA) is 183 Å². The Kier molecular flexibility index (Phi) is 6.80. The highest BCUT2D eigenvalue weighted by molar-refractivity contribution is 8.00. The van der Waals surface area contributed by atoms with Crippen LogP contribution in [0.2, 0.25) is 0 Å². The minimum absolute atomic E-state index is 0.00171. The Bertz CT molecular complexity index is 1240. The van der Waals surface area contributed by atoms with Gasteiger partial charge in [-0.05, 0) is 18.8 Å². The second kappa shape index (κ2) is 10.0. The van der Waals surface area contributed by atoms with Crippen molar-refractivity contribution in [3.8, 4) is 0 Å². The van der Waals surface area contributed by atoms with Crippen LogP contribution in [0.1, 0.15) is 37.9 Å². The fourth-order valence-electron chi connectivity index (χ4n) is 6.02. The number of piperidine rings is 3. The average molecular weight is 578 g/mol. The predicted molar refractivity (Wildman–Crippen MR) is 140 cm³/mol. The number of β-lactam (4-membered cyclic amide) rings is 1. The second-order valence-electron chi connectivity index (χ2n) is 11.3. The number of hydrogen-bond acceptors (Lipinski definition) is 12. The fraction of sp³-hybridized carbons (Fsp3) is 0.667. The number of nitrogens with zero attached hydrogens (tertiary/aromatic N) is 5. The Morgan fingerprint density at radius 1 is 1.28 bits per heavy atom. The quantitative estimate of drug-likeness (QED) is 0.130. The number of aromatic nitrogens is 2. The van der Waals surface area contributed by atoms with Crippen molar-refractivity contribution in [1.82, 2.24) is 19.6 Å². The average Bonchev–Trinajstić information content (AvgIpc) is 3.67. The van der Waals surface area contributed by atoms with Crippen molar-refractivity contribution in [1.29, 1.82) is 0 Å². The number of aliphatic hydroxyl groups is 1. The van der Waals surface area contributed by atoms with Crippen LogP contribution >= 0.6 is 23.3 Å². The summed E-state index contributed by atoms with van der Waals surface area (Å²) in [7, 11) is 0. The molecule has 1 saturated carbocycles. The standard InChI is InChI=1S/C24H31N7O6S2/c25-23-27-18(29-39-23)15(28-37-10-13-1-2-13)19(33)26-16-20(34)30-17(22(35)36)14(11-38-21(16)30)9-31-6-3-24(12-32,4-7-31)5-8-31/h13,16,21,32H,1-12H2,(H3-,25,26,27,29,33,35,36)/b28-15-/t16-,21+,24?,31?/m1/s1. The van der Waals surface area contributed by atoms with Gasteiger partial charge in [0, 0.05) is 54.1 Å².